The number of benzene rings is 8. The third-order valence-electron chi connectivity index (χ3n) is 9.59. The van der Waals surface area contributed by atoms with Crippen molar-refractivity contribution in [2.24, 2.45) is 0 Å². The average molecular weight is 886 g/mol. The summed E-state index contributed by atoms with van der Waals surface area (Å²) in [5, 5.41) is 0. The maximum atomic E-state index is 8.97. The normalized spacial score (nSPS) is 12.5. The summed E-state index contributed by atoms with van der Waals surface area (Å²) in [5.74, 6) is 0. The van der Waals surface area contributed by atoms with Crippen molar-refractivity contribution in [2.75, 3.05) is 0 Å². The molecule has 0 unspecified atom stereocenters. The number of nitrogens with zero attached hydrogens (tertiary/aromatic N) is 1. The molecule has 1 nitrogen and oxygen atoms in total. The molecule has 0 N–H and O–H groups in total. The first-order valence-electron chi connectivity index (χ1n) is 21.3. The molecule has 1 radical (unpaired) electrons. The smallest absolute Gasteiger partial charge is 0.0830 e. The third-order valence-corrected chi connectivity index (χ3v) is 9.59. The maximum Gasteiger partial charge on any atom is 0.0830 e. The van der Waals surface area contributed by atoms with E-state index in [1.54, 1.807) is 12.1 Å². The summed E-state index contributed by atoms with van der Waals surface area (Å²) in [6, 6.07) is 61.3. The van der Waals surface area contributed by atoms with Gasteiger partial charge in [-0.15, -0.1) is 35.3 Å². The van der Waals surface area contributed by atoms with Crippen LogP contribution in [0.3, 0.4) is 0 Å². The van der Waals surface area contributed by atoms with Crippen molar-refractivity contribution in [1.82, 2.24) is 4.98 Å². The van der Waals surface area contributed by atoms with Crippen LogP contribution in [0.25, 0.3) is 89.1 Å². The monoisotopic (exact) mass is 886 g/mol. The Morgan fingerprint density at radius 3 is 1.16 bits per heavy atom. The van der Waals surface area contributed by atoms with E-state index >= 15 is 0 Å². The van der Waals surface area contributed by atoms with Gasteiger partial charge in [0.1, 0.15) is 0 Å². The van der Waals surface area contributed by atoms with Crippen molar-refractivity contribution in [3.63, 3.8) is 0 Å². The van der Waals surface area contributed by atoms with Crippen LogP contribution in [0.5, 0.6) is 0 Å². The first kappa shape index (κ1) is 28.1. The minimum atomic E-state index is -0.501. The van der Waals surface area contributed by atoms with Gasteiger partial charge in [-0.3, -0.25) is 0 Å². The third kappa shape index (κ3) is 7.93. The predicted octanol–water partition coefficient (Wildman–Crippen LogP) is 14.2. The fourth-order valence-electron chi connectivity index (χ4n) is 6.81. The zero-order chi connectivity index (χ0) is 42.2. The summed E-state index contributed by atoms with van der Waals surface area (Å²) in [7, 11) is 0. The Morgan fingerprint density at radius 2 is 0.727 bits per heavy atom. The van der Waals surface area contributed by atoms with Gasteiger partial charge < -0.3 is 4.98 Å². The summed E-state index contributed by atoms with van der Waals surface area (Å²) < 4.78 is 58.3. The van der Waals surface area contributed by atoms with Gasteiger partial charge in [-0.25, -0.2) is 0 Å². The number of hydrogen-bond acceptors (Lipinski definition) is 1. The minimum absolute atomic E-state index is 0. The van der Waals surface area contributed by atoms with Gasteiger partial charge in [0.2, 0.25) is 0 Å². The molecule has 55 heavy (non-hydrogen) atoms. The molecule has 8 aromatic carbocycles. The zero-order valence-corrected chi connectivity index (χ0v) is 31.9. The van der Waals surface area contributed by atoms with Crippen molar-refractivity contribution >= 4 is 0 Å². The molecular formula is C53H36IrN-. The fourth-order valence-corrected chi connectivity index (χ4v) is 6.81. The van der Waals surface area contributed by atoms with Crippen molar-refractivity contribution in [3.05, 3.63) is 224 Å². The molecule has 1 aromatic heterocycles. The zero-order valence-electron chi connectivity index (χ0n) is 36.5. The van der Waals surface area contributed by atoms with Crippen LogP contribution in [-0.4, -0.2) is 4.98 Å². The Balaban J connectivity index is 0.00000529. The summed E-state index contributed by atoms with van der Waals surface area (Å²) in [6.45, 7) is 0. The number of hydrogen-bond donors (Lipinski definition) is 0. The molecule has 0 fully saturated rings. The van der Waals surface area contributed by atoms with E-state index in [9.17, 15) is 0 Å². The van der Waals surface area contributed by atoms with Gasteiger partial charge in [0.15, 0.2) is 0 Å². The minimum Gasteiger partial charge on any atom is -0.305 e. The molecular weight excluding hydrogens is 843 g/mol. The van der Waals surface area contributed by atoms with Crippen LogP contribution in [0.15, 0.2) is 218 Å². The molecule has 0 aliphatic heterocycles. The topological polar surface area (TPSA) is 12.9 Å². The second-order valence-electron chi connectivity index (χ2n) is 13.0. The average Bonchev–Trinajstić information content (AvgIpc) is 3.31. The Kier molecular flexibility index (Phi) is 8.31. The first-order chi connectivity index (χ1) is 29.6. The summed E-state index contributed by atoms with van der Waals surface area (Å²) >= 11 is 0. The molecule has 0 aliphatic rings. The van der Waals surface area contributed by atoms with Gasteiger partial charge in [-0.2, -0.15) is 0 Å². The molecule has 9 aromatic rings. The molecule has 1 heterocycles. The molecule has 0 saturated heterocycles. The van der Waals surface area contributed by atoms with Crippen molar-refractivity contribution in [1.29, 1.82) is 0 Å². The molecule has 0 aliphatic carbocycles. The molecule has 0 bridgehead atoms. The van der Waals surface area contributed by atoms with E-state index in [0.29, 0.717) is 5.56 Å². The Hall–Kier alpha value is -6.44. The van der Waals surface area contributed by atoms with Crippen molar-refractivity contribution in [3.8, 4) is 89.1 Å². The van der Waals surface area contributed by atoms with Gasteiger partial charge >= 0.3 is 0 Å². The Labute approximate surface area is 346 Å². The van der Waals surface area contributed by atoms with Crippen molar-refractivity contribution in [2.45, 2.75) is 0 Å². The second kappa shape index (κ2) is 16.3. The molecule has 0 atom stereocenters. The van der Waals surface area contributed by atoms with E-state index in [0.717, 1.165) is 50.1 Å². The van der Waals surface area contributed by atoms with E-state index in [1.807, 2.05) is 30.3 Å². The van der Waals surface area contributed by atoms with E-state index in [2.05, 4.69) is 145 Å². The van der Waals surface area contributed by atoms with Crippen LogP contribution in [0.1, 0.15) is 9.60 Å². The van der Waals surface area contributed by atoms with Crippen LogP contribution < -0.4 is 0 Å². The fraction of sp³-hybridized carbons (Fsp3) is 0. The van der Waals surface area contributed by atoms with Gasteiger partial charge in [0.05, 0.1) is 5.48 Å². The Bertz CT molecular complexity index is 3110. The molecule has 2 heteroatoms. The molecule has 0 amide bonds. The summed E-state index contributed by atoms with van der Waals surface area (Å²) in [5.41, 5.74) is 13.7. The van der Waals surface area contributed by atoms with Crippen molar-refractivity contribution < 1.29 is 29.7 Å². The molecule has 0 spiro atoms. The van der Waals surface area contributed by atoms with Gasteiger partial charge in [-0.05, 0) is 117 Å². The summed E-state index contributed by atoms with van der Waals surface area (Å²) in [4.78, 5) is 3.99. The van der Waals surface area contributed by atoms with Crippen LogP contribution in [0, 0.1) is 6.07 Å². The van der Waals surface area contributed by atoms with E-state index < -0.39 is 24.3 Å². The number of aromatic nitrogens is 1. The molecule has 9 rings (SSSR count). The van der Waals surface area contributed by atoms with E-state index in [4.69, 9.17) is 9.60 Å². The predicted molar refractivity (Wildman–Crippen MR) is 227 cm³/mol. The second-order valence-corrected chi connectivity index (χ2v) is 13.0. The molecule has 0 saturated carbocycles. The van der Waals surface area contributed by atoms with Crippen LogP contribution >= 0.6 is 0 Å². The van der Waals surface area contributed by atoms with Crippen LogP contribution in [-0.2, 0) is 20.1 Å². The van der Waals surface area contributed by atoms with E-state index in [1.165, 1.54) is 16.7 Å². The van der Waals surface area contributed by atoms with Gasteiger partial charge in [0, 0.05) is 27.6 Å². The Morgan fingerprint density at radius 1 is 0.364 bits per heavy atom. The van der Waals surface area contributed by atoms with Gasteiger partial charge in [-0.1, -0.05) is 158 Å². The standard InChI is InChI=1S/C53H36N.Ir/c1-2-12-38(13-3-1)41-14-6-17-44(32-41)46-19-8-21-48(34-46)50-23-10-24-51(36-50)49-22-9-20-47(35-49)45-18-7-15-42(33-45)39-27-29-40(30-28-39)43-16-11-25-52(37-43)53-26-4-5-31-54-53;/h1-24,26-37H;/q-1;/i4D,5D,11D,16D,26D,31D,37D;. The quantitative estimate of drug-likeness (QED) is 0.139. The van der Waals surface area contributed by atoms with Gasteiger partial charge in [0.25, 0.3) is 0 Å². The van der Waals surface area contributed by atoms with Crippen LogP contribution in [0.4, 0.5) is 0 Å². The molecule has 263 valence electrons. The summed E-state index contributed by atoms with van der Waals surface area (Å²) in [6.07, 6.45) is -0.501. The number of rotatable bonds is 8. The largest absolute Gasteiger partial charge is 0.305 e. The van der Waals surface area contributed by atoms with E-state index in [-0.39, 0.29) is 55.1 Å². The van der Waals surface area contributed by atoms with Crippen LogP contribution in [0.2, 0.25) is 0 Å². The maximum absolute atomic E-state index is 8.97. The first-order valence-corrected chi connectivity index (χ1v) is 17.8. The SMILES string of the molecule is [2H]c1[c-]c(-c2nc([2H])c([2H])c([2H])c2[2H])c([2H])c(-c2ccc(-c3cccc(-c4cccc(-c5cccc(-c6cccc(-c7cccc(-c8ccccc8)c7)c6)c5)c4)c3)cc2)c1[2H].[Ir]. The number of pyridine rings is 1.